The zero-order valence-corrected chi connectivity index (χ0v) is 13.9. The summed E-state index contributed by atoms with van der Waals surface area (Å²) in [6.45, 7) is 0. The number of benzene rings is 2. The van der Waals surface area contributed by atoms with Gasteiger partial charge >= 0.3 is 0 Å². The van der Waals surface area contributed by atoms with Gasteiger partial charge in [0.1, 0.15) is 11.5 Å². The van der Waals surface area contributed by atoms with Gasteiger partial charge in [-0.2, -0.15) is 5.10 Å². The Bertz CT molecular complexity index is 918. The molecule has 0 bridgehead atoms. The Labute approximate surface area is 148 Å². The van der Waals surface area contributed by atoms with Gasteiger partial charge in [-0.25, -0.2) is 5.43 Å². The van der Waals surface area contributed by atoms with E-state index in [0.29, 0.717) is 5.56 Å². The molecule has 2 aromatic carbocycles. The molecule has 126 valence electrons. The van der Waals surface area contributed by atoms with Crippen LogP contribution in [0.2, 0.25) is 0 Å². The second-order valence-electron chi connectivity index (χ2n) is 5.20. The van der Waals surface area contributed by atoms with Crippen LogP contribution in [0.5, 0.6) is 11.5 Å². The number of hydrogen-bond acceptors (Lipinski definition) is 6. The highest BCUT2D eigenvalue weighted by molar-refractivity contribution is 8.00. The Hall–Kier alpha value is -3.06. The van der Waals surface area contributed by atoms with Crippen LogP contribution in [0.1, 0.15) is 5.56 Å². The molecule has 6 nitrogen and oxygen atoms in total. The number of amides is 1. The molecule has 0 aliphatic rings. The lowest BCUT2D eigenvalue weighted by atomic mass is 10.2. The number of para-hydroxylation sites is 1. The molecule has 0 aliphatic heterocycles. The summed E-state index contributed by atoms with van der Waals surface area (Å²) >= 11 is 1.38. The Morgan fingerprint density at radius 2 is 1.92 bits per heavy atom. The van der Waals surface area contributed by atoms with E-state index >= 15 is 0 Å². The summed E-state index contributed by atoms with van der Waals surface area (Å²) in [7, 11) is 0. The number of aromatic nitrogens is 1. The van der Waals surface area contributed by atoms with Crippen molar-refractivity contribution in [1.29, 1.82) is 0 Å². The Morgan fingerprint density at radius 3 is 2.72 bits per heavy atom. The molecule has 3 rings (SSSR count). The summed E-state index contributed by atoms with van der Waals surface area (Å²) in [5, 5.41) is 23.6. The fraction of sp³-hybridized carbons (Fsp3) is 0.0556. The number of pyridine rings is 1. The zero-order chi connectivity index (χ0) is 17.6. The molecule has 1 heterocycles. The van der Waals surface area contributed by atoms with Crippen molar-refractivity contribution in [1.82, 2.24) is 10.4 Å². The molecule has 1 aromatic heterocycles. The van der Waals surface area contributed by atoms with Crippen molar-refractivity contribution in [3.63, 3.8) is 0 Å². The van der Waals surface area contributed by atoms with Crippen LogP contribution in [0.4, 0.5) is 0 Å². The number of hydrogen-bond donors (Lipinski definition) is 3. The molecule has 3 aromatic rings. The van der Waals surface area contributed by atoms with Gasteiger partial charge in [-0.1, -0.05) is 18.2 Å². The topological polar surface area (TPSA) is 94.8 Å². The Morgan fingerprint density at radius 1 is 1.16 bits per heavy atom. The smallest absolute Gasteiger partial charge is 0.250 e. The lowest BCUT2D eigenvalue weighted by Gasteiger charge is -2.04. The predicted octanol–water partition coefficient (Wildman–Crippen LogP) is 2.89. The minimum Gasteiger partial charge on any atom is -0.508 e. The van der Waals surface area contributed by atoms with Crippen LogP contribution in [-0.4, -0.2) is 33.1 Å². The van der Waals surface area contributed by atoms with E-state index in [4.69, 9.17) is 0 Å². The summed E-state index contributed by atoms with van der Waals surface area (Å²) in [5.41, 5.74) is 3.75. The van der Waals surface area contributed by atoms with Crippen LogP contribution in [0.25, 0.3) is 10.9 Å². The summed E-state index contributed by atoms with van der Waals surface area (Å²) in [6.07, 6.45) is 3.07. The third-order valence-electron chi connectivity index (χ3n) is 3.28. The third-order valence-corrected chi connectivity index (χ3v) is 4.33. The Balaban J connectivity index is 1.58. The van der Waals surface area contributed by atoms with E-state index in [1.54, 1.807) is 6.20 Å². The van der Waals surface area contributed by atoms with Crippen LogP contribution in [-0.2, 0) is 4.79 Å². The van der Waals surface area contributed by atoms with Gasteiger partial charge in [0.05, 0.1) is 17.5 Å². The van der Waals surface area contributed by atoms with Crippen molar-refractivity contribution in [3.8, 4) is 11.5 Å². The molecule has 1 amide bonds. The maximum atomic E-state index is 11.9. The number of thioether (sulfide) groups is 1. The second kappa shape index (κ2) is 7.67. The van der Waals surface area contributed by atoms with Crippen molar-refractivity contribution in [2.24, 2.45) is 5.10 Å². The number of nitrogens with zero attached hydrogens (tertiary/aromatic N) is 2. The number of fused-ring (bicyclic) bond motifs is 1. The van der Waals surface area contributed by atoms with Gasteiger partial charge in [-0.05, 0) is 24.3 Å². The molecule has 7 heteroatoms. The molecule has 0 spiro atoms. The summed E-state index contributed by atoms with van der Waals surface area (Å²) in [4.78, 5) is 17.2. The van der Waals surface area contributed by atoms with Gasteiger partial charge in [0.15, 0.2) is 0 Å². The van der Waals surface area contributed by atoms with E-state index in [2.05, 4.69) is 15.5 Å². The number of hydrazone groups is 1. The van der Waals surface area contributed by atoms with E-state index in [1.807, 2.05) is 30.3 Å². The number of phenolic OH excluding ortho intramolecular Hbond substituents is 2. The highest BCUT2D eigenvalue weighted by atomic mass is 32.2. The van der Waals surface area contributed by atoms with Crippen molar-refractivity contribution in [3.05, 3.63) is 60.3 Å². The third kappa shape index (κ3) is 4.48. The zero-order valence-electron chi connectivity index (χ0n) is 13.1. The quantitative estimate of drug-likeness (QED) is 0.372. The maximum Gasteiger partial charge on any atom is 0.250 e. The fourth-order valence-corrected chi connectivity index (χ4v) is 3.07. The van der Waals surface area contributed by atoms with Crippen LogP contribution in [0, 0.1) is 0 Å². The molecule has 0 aliphatic carbocycles. The predicted molar refractivity (Wildman–Crippen MR) is 98.0 cm³/mol. The first-order valence-electron chi connectivity index (χ1n) is 7.43. The molecule has 0 radical (unpaired) electrons. The number of carbonyl (C=O) groups excluding carboxylic acids is 1. The van der Waals surface area contributed by atoms with Gasteiger partial charge in [0.2, 0.25) is 5.91 Å². The monoisotopic (exact) mass is 353 g/mol. The molecular weight excluding hydrogens is 338 g/mol. The highest BCUT2D eigenvalue weighted by Crippen LogP contribution is 2.25. The van der Waals surface area contributed by atoms with Gasteiger partial charge in [0, 0.05) is 28.1 Å². The summed E-state index contributed by atoms with van der Waals surface area (Å²) in [5.74, 6) is -0.227. The first kappa shape index (κ1) is 16.8. The first-order valence-corrected chi connectivity index (χ1v) is 8.42. The average Bonchev–Trinajstić information content (AvgIpc) is 2.59. The van der Waals surface area contributed by atoms with E-state index in [1.165, 1.54) is 36.2 Å². The van der Waals surface area contributed by atoms with Gasteiger partial charge in [-0.3, -0.25) is 9.78 Å². The van der Waals surface area contributed by atoms with Crippen LogP contribution in [0.15, 0.2) is 64.7 Å². The number of nitrogens with one attached hydrogen (secondary N) is 1. The molecule has 0 unspecified atom stereocenters. The molecule has 3 N–H and O–H groups in total. The highest BCUT2D eigenvalue weighted by Gasteiger charge is 2.06. The van der Waals surface area contributed by atoms with Crippen molar-refractivity contribution >= 4 is 34.8 Å². The Kier molecular flexibility index (Phi) is 5.15. The maximum absolute atomic E-state index is 11.9. The normalized spacial score (nSPS) is 11.0. The minimum absolute atomic E-state index is 0.0770. The summed E-state index contributed by atoms with van der Waals surface area (Å²) < 4.78 is 0. The summed E-state index contributed by atoms with van der Waals surface area (Å²) in [6, 6.07) is 13.7. The van der Waals surface area contributed by atoms with Crippen LogP contribution < -0.4 is 5.43 Å². The number of carbonyl (C=O) groups is 1. The van der Waals surface area contributed by atoms with Gasteiger partial charge in [0.25, 0.3) is 0 Å². The van der Waals surface area contributed by atoms with E-state index < -0.39 is 0 Å². The van der Waals surface area contributed by atoms with Gasteiger partial charge in [-0.15, -0.1) is 11.8 Å². The largest absolute Gasteiger partial charge is 0.508 e. The van der Waals surface area contributed by atoms with E-state index in [-0.39, 0.29) is 23.2 Å². The van der Waals surface area contributed by atoms with Crippen LogP contribution >= 0.6 is 11.8 Å². The van der Waals surface area contributed by atoms with Crippen molar-refractivity contribution < 1.29 is 15.0 Å². The standard InChI is InChI=1S/C18H15N3O3S/c22-14-7-12(8-15(23)9-14)10-20-21-17(24)11-25-16-5-1-3-13-4-2-6-19-18(13)16/h1-10,22-23H,11H2,(H,21,24)/b20-10+. The van der Waals surface area contributed by atoms with Crippen molar-refractivity contribution in [2.45, 2.75) is 4.90 Å². The number of phenols is 2. The molecule has 25 heavy (non-hydrogen) atoms. The average molecular weight is 353 g/mol. The second-order valence-corrected chi connectivity index (χ2v) is 6.21. The van der Waals surface area contributed by atoms with Crippen molar-refractivity contribution in [2.75, 3.05) is 5.75 Å². The van der Waals surface area contributed by atoms with Crippen LogP contribution in [0.3, 0.4) is 0 Å². The van der Waals surface area contributed by atoms with E-state index in [0.717, 1.165) is 15.8 Å². The number of rotatable bonds is 5. The molecule has 0 saturated carbocycles. The minimum atomic E-state index is -0.265. The molecule has 0 fully saturated rings. The van der Waals surface area contributed by atoms with Gasteiger partial charge < -0.3 is 10.2 Å². The lowest BCUT2D eigenvalue weighted by Crippen LogP contribution is -2.19. The molecular formula is C18H15N3O3S. The SMILES string of the molecule is O=C(CSc1cccc2cccnc12)N/N=C/c1cc(O)cc(O)c1. The molecule has 0 saturated heterocycles. The van der Waals surface area contributed by atoms with E-state index in [9.17, 15) is 15.0 Å². The first-order chi connectivity index (χ1) is 12.1. The molecule has 0 atom stereocenters. The number of aromatic hydroxyl groups is 2. The lowest BCUT2D eigenvalue weighted by molar-refractivity contribution is -0.118. The fourth-order valence-electron chi connectivity index (χ4n) is 2.24.